The van der Waals surface area contributed by atoms with Gasteiger partial charge in [0.25, 0.3) is 5.56 Å². The van der Waals surface area contributed by atoms with Gasteiger partial charge in [0.15, 0.2) is 0 Å². The molecule has 0 bridgehead atoms. The lowest BCUT2D eigenvalue weighted by atomic mass is 9.90. The highest BCUT2D eigenvalue weighted by Crippen LogP contribution is 2.26. The van der Waals surface area contributed by atoms with Crippen molar-refractivity contribution in [3.05, 3.63) is 86.8 Å². The standard InChI is InChI=1S/C25H27N3O/c29-25-23-10-2-1-9-22(23)24(27-28-25)15-17-5-3-7-19(13-17)20-8-4-6-18(14-20)16-26-21-11-12-21/h3-8,13-14,21,26H,1-2,9-12,15-16H2,(H,28,29). The van der Waals surface area contributed by atoms with E-state index in [1.807, 2.05) is 0 Å². The van der Waals surface area contributed by atoms with Gasteiger partial charge in [0, 0.05) is 24.6 Å². The Hall–Kier alpha value is -2.72. The van der Waals surface area contributed by atoms with Crippen LogP contribution in [0.3, 0.4) is 0 Å². The average molecular weight is 386 g/mol. The number of H-pyrrole nitrogens is 1. The summed E-state index contributed by atoms with van der Waals surface area (Å²) in [6, 6.07) is 18.2. The highest BCUT2D eigenvalue weighted by Gasteiger charge is 2.20. The molecule has 1 fully saturated rings. The molecule has 2 N–H and O–H groups in total. The number of nitrogens with one attached hydrogen (secondary N) is 2. The van der Waals surface area contributed by atoms with E-state index < -0.39 is 0 Å². The maximum atomic E-state index is 12.1. The minimum absolute atomic E-state index is 0.00572. The zero-order chi connectivity index (χ0) is 19.6. The van der Waals surface area contributed by atoms with Crippen molar-refractivity contribution in [3.63, 3.8) is 0 Å². The molecule has 0 atom stereocenters. The summed E-state index contributed by atoms with van der Waals surface area (Å²) >= 11 is 0. The SMILES string of the molecule is O=c1[nH]nc(Cc2cccc(-c3cccc(CNC4CC4)c3)c2)c2c1CCCC2. The number of aromatic nitrogens is 2. The summed E-state index contributed by atoms with van der Waals surface area (Å²) in [6.07, 6.45) is 7.47. The molecule has 29 heavy (non-hydrogen) atoms. The predicted octanol–water partition coefficient (Wildman–Crippen LogP) is 4.16. The summed E-state index contributed by atoms with van der Waals surface area (Å²) in [4.78, 5) is 12.1. The van der Waals surface area contributed by atoms with Crippen LogP contribution in [-0.4, -0.2) is 16.2 Å². The molecule has 1 heterocycles. The molecule has 2 aliphatic rings. The van der Waals surface area contributed by atoms with Crippen molar-refractivity contribution >= 4 is 0 Å². The van der Waals surface area contributed by atoms with Crippen molar-refractivity contribution in [2.45, 2.75) is 57.5 Å². The molecule has 4 heteroatoms. The molecule has 148 valence electrons. The van der Waals surface area contributed by atoms with E-state index in [0.29, 0.717) is 0 Å². The van der Waals surface area contributed by atoms with Crippen LogP contribution in [0.4, 0.5) is 0 Å². The Morgan fingerprint density at radius 3 is 2.38 bits per heavy atom. The van der Waals surface area contributed by atoms with Gasteiger partial charge in [-0.2, -0.15) is 5.10 Å². The minimum atomic E-state index is -0.00572. The van der Waals surface area contributed by atoms with E-state index in [9.17, 15) is 4.79 Å². The molecule has 1 saturated carbocycles. The number of rotatable bonds is 6. The van der Waals surface area contributed by atoms with Crippen LogP contribution in [0.2, 0.25) is 0 Å². The van der Waals surface area contributed by atoms with Crippen molar-refractivity contribution < 1.29 is 0 Å². The Balaban J connectivity index is 1.39. The first-order chi connectivity index (χ1) is 14.3. The molecule has 0 amide bonds. The highest BCUT2D eigenvalue weighted by atomic mass is 16.1. The van der Waals surface area contributed by atoms with Crippen molar-refractivity contribution in [1.29, 1.82) is 0 Å². The Bertz CT molecular complexity index is 1080. The number of nitrogens with zero attached hydrogens (tertiary/aromatic N) is 1. The van der Waals surface area contributed by atoms with Gasteiger partial charge in [-0.3, -0.25) is 4.79 Å². The lowest BCUT2D eigenvalue weighted by Gasteiger charge is -2.17. The zero-order valence-corrected chi connectivity index (χ0v) is 16.7. The Morgan fingerprint density at radius 1 is 0.931 bits per heavy atom. The fourth-order valence-electron chi connectivity index (χ4n) is 4.34. The van der Waals surface area contributed by atoms with Crippen LogP contribution in [0.1, 0.15) is 53.6 Å². The number of fused-ring (bicyclic) bond motifs is 1. The van der Waals surface area contributed by atoms with Gasteiger partial charge < -0.3 is 5.32 Å². The Labute approximate surface area is 171 Å². The smallest absolute Gasteiger partial charge is 0.267 e. The summed E-state index contributed by atoms with van der Waals surface area (Å²) in [5.41, 5.74) is 8.19. The normalized spacial score (nSPS) is 15.9. The zero-order valence-electron chi connectivity index (χ0n) is 16.7. The van der Waals surface area contributed by atoms with E-state index in [0.717, 1.165) is 55.9 Å². The molecule has 0 saturated heterocycles. The maximum absolute atomic E-state index is 12.1. The number of aromatic amines is 1. The Morgan fingerprint density at radius 2 is 1.62 bits per heavy atom. The van der Waals surface area contributed by atoms with E-state index in [4.69, 9.17) is 0 Å². The monoisotopic (exact) mass is 385 g/mol. The molecule has 0 aliphatic heterocycles. The first-order valence-corrected chi connectivity index (χ1v) is 10.8. The first kappa shape index (κ1) is 18.3. The number of benzene rings is 2. The second-order valence-corrected chi connectivity index (χ2v) is 8.40. The third kappa shape index (κ3) is 4.18. The van der Waals surface area contributed by atoms with Crippen molar-refractivity contribution in [2.75, 3.05) is 0 Å². The number of hydrogen-bond acceptors (Lipinski definition) is 3. The van der Waals surface area contributed by atoms with Gasteiger partial charge in [0.05, 0.1) is 5.69 Å². The van der Waals surface area contributed by atoms with E-state index >= 15 is 0 Å². The summed E-state index contributed by atoms with van der Waals surface area (Å²) in [5, 5.41) is 10.7. The molecule has 2 aliphatic carbocycles. The first-order valence-electron chi connectivity index (χ1n) is 10.8. The van der Waals surface area contributed by atoms with Crippen molar-refractivity contribution in [3.8, 4) is 11.1 Å². The van der Waals surface area contributed by atoms with Crippen LogP contribution in [0.15, 0.2) is 53.3 Å². The van der Waals surface area contributed by atoms with Gasteiger partial charge in [0.1, 0.15) is 0 Å². The summed E-state index contributed by atoms with van der Waals surface area (Å²) < 4.78 is 0. The van der Waals surface area contributed by atoms with Gasteiger partial charge >= 0.3 is 0 Å². The molecular weight excluding hydrogens is 358 g/mol. The highest BCUT2D eigenvalue weighted by molar-refractivity contribution is 5.65. The average Bonchev–Trinajstić information content (AvgIpc) is 3.60. The van der Waals surface area contributed by atoms with Crippen LogP contribution in [0, 0.1) is 0 Å². The molecule has 0 unspecified atom stereocenters. The topological polar surface area (TPSA) is 57.8 Å². The van der Waals surface area contributed by atoms with Crippen molar-refractivity contribution in [2.24, 2.45) is 0 Å². The molecule has 1 aromatic heterocycles. The molecule has 3 aromatic rings. The van der Waals surface area contributed by atoms with Crippen LogP contribution < -0.4 is 10.9 Å². The summed E-state index contributed by atoms with van der Waals surface area (Å²) in [7, 11) is 0. The largest absolute Gasteiger partial charge is 0.310 e. The number of hydrogen-bond donors (Lipinski definition) is 2. The van der Waals surface area contributed by atoms with Crippen LogP contribution in [-0.2, 0) is 25.8 Å². The summed E-state index contributed by atoms with van der Waals surface area (Å²) in [5.74, 6) is 0. The minimum Gasteiger partial charge on any atom is -0.310 e. The van der Waals surface area contributed by atoms with Crippen LogP contribution in [0.25, 0.3) is 11.1 Å². The van der Waals surface area contributed by atoms with E-state index in [2.05, 4.69) is 64.0 Å². The van der Waals surface area contributed by atoms with E-state index in [1.165, 1.54) is 40.7 Å². The fraction of sp³-hybridized carbons (Fsp3) is 0.360. The predicted molar refractivity (Wildman–Crippen MR) is 116 cm³/mol. The molecule has 0 radical (unpaired) electrons. The second kappa shape index (κ2) is 7.96. The maximum Gasteiger partial charge on any atom is 0.267 e. The molecule has 4 nitrogen and oxygen atoms in total. The van der Waals surface area contributed by atoms with Crippen LogP contribution in [0.5, 0.6) is 0 Å². The van der Waals surface area contributed by atoms with Gasteiger partial charge in [-0.15, -0.1) is 0 Å². The molecule has 5 rings (SSSR count). The third-order valence-electron chi connectivity index (χ3n) is 6.11. The molecular formula is C25H27N3O. The molecule has 2 aromatic carbocycles. The van der Waals surface area contributed by atoms with E-state index in [1.54, 1.807) is 0 Å². The van der Waals surface area contributed by atoms with Gasteiger partial charge in [-0.05, 0) is 72.4 Å². The lowest BCUT2D eigenvalue weighted by Crippen LogP contribution is -2.23. The van der Waals surface area contributed by atoms with Crippen molar-refractivity contribution in [1.82, 2.24) is 15.5 Å². The van der Waals surface area contributed by atoms with Gasteiger partial charge in [0.2, 0.25) is 0 Å². The second-order valence-electron chi connectivity index (χ2n) is 8.40. The lowest BCUT2D eigenvalue weighted by molar-refractivity contribution is 0.655. The van der Waals surface area contributed by atoms with Gasteiger partial charge in [-0.25, -0.2) is 5.10 Å². The molecule has 0 spiro atoms. The van der Waals surface area contributed by atoms with Gasteiger partial charge in [-0.1, -0.05) is 42.5 Å². The summed E-state index contributed by atoms with van der Waals surface area (Å²) in [6.45, 7) is 0.936. The Kier molecular flexibility index (Phi) is 5.03. The van der Waals surface area contributed by atoms with Crippen LogP contribution >= 0.6 is 0 Å². The van der Waals surface area contributed by atoms with E-state index in [-0.39, 0.29) is 5.56 Å². The quantitative estimate of drug-likeness (QED) is 0.670. The third-order valence-corrected chi connectivity index (χ3v) is 6.11. The fourth-order valence-corrected chi connectivity index (χ4v) is 4.34.